The second-order valence-electron chi connectivity index (χ2n) is 5.88. The normalized spacial score (nSPS) is 14.2. The Labute approximate surface area is 155 Å². The maximum absolute atomic E-state index is 6.34. The highest BCUT2D eigenvalue weighted by atomic mass is 35.5. The van der Waals surface area contributed by atoms with Gasteiger partial charge in [0, 0.05) is 19.6 Å². The Morgan fingerprint density at radius 1 is 0.960 bits per heavy atom. The first-order valence-electron chi connectivity index (χ1n) is 8.14. The molecule has 0 bridgehead atoms. The number of halogens is 2. The smallest absolute Gasteiger partial charge is 0.226 e. The highest BCUT2D eigenvalue weighted by molar-refractivity contribution is 6.32. The third kappa shape index (κ3) is 3.45. The molecule has 0 amide bonds. The number of fused-ring (bicyclic) bond motifs is 1. The van der Waals surface area contributed by atoms with Crippen molar-refractivity contribution in [2.45, 2.75) is 19.4 Å². The monoisotopic (exact) mass is 374 g/mol. The van der Waals surface area contributed by atoms with E-state index in [0.29, 0.717) is 34.5 Å². The van der Waals surface area contributed by atoms with Crippen LogP contribution in [0.1, 0.15) is 18.4 Å². The summed E-state index contributed by atoms with van der Waals surface area (Å²) in [6, 6.07) is 10.0. The molecule has 1 N–H and O–H groups in total. The zero-order valence-corrected chi connectivity index (χ0v) is 14.9. The highest BCUT2D eigenvalue weighted by Crippen LogP contribution is 2.29. The fourth-order valence-corrected chi connectivity index (χ4v) is 3.28. The minimum absolute atomic E-state index is 0.167. The van der Waals surface area contributed by atoms with Gasteiger partial charge in [-0.3, -0.25) is 0 Å². The molecule has 4 rings (SSSR count). The Morgan fingerprint density at radius 2 is 1.72 bits per heavy atom. The van der Waals surface area contributed by atoms with Gasteiger partial charge < -0.3 is 10.2 Å². The van der Waals surface area contributed by atoms with Crippen LogP contribution in [0, 0.1) is 0 Å². The van der Waals surface area contributed by atoms with Gasteiger partial charge in [0.1, 0.15) is 0 Å². The molecule has 1 fully saturated rings. The molecule has 128 valence electrons. The molecular formula is C17H16Cl2N6. The maximum atomic E-state index is 6.34. The van der Waals surface area contributed by atoms with Crippen molar-refractivity contribution in [2.24, 2.45) is 0 Å². The van der Waals surface area contributed by atoms with E-state index in [4.69, 9.17) is 23.2 Å². The second kappa shape index (κ2) is 6.98. The number of hydrogen-bond donors (Lipinski definition) is 1. The number of anilines is 2. The van der Waals surface area contributed by atoms with E-state index in [1.165, 1.54) is 0 Å². The molecule has 0 radical (unpaired) electrons. The SMILES string of the molecule is Clc1nc(N2CCCC2)c2nc(Cl)c(NCc3ccccc3)nc2n1. The first-order valence-corrected chi connectivity index (χ1v) is 8.90. The van der Waals surface area contributed by atoms with Gasteiger partial charge in [0.05, 0.1) is 0 Å². The number of aromatic nitrogens is 4. The largest absolute Gasteiger partial charge is 0.363 e. The van der Waals surface area contributed by atoms with E-state index in [1.807, 2.05) is 30.3 Å². The predicted molar refractivity (Wildman–Crippen MR) is 100 cm³/mol. The summed E-state index contributed by atoms with van der Waals surface area (Å²) in [6.45, 7) is 2.45. The van der Waals surface area contributed by atoms with Gasteiger partial charge in [0.2, 0.25) is 5.28 Å². The van der Waals surface area contributed by atoms with Gasteiger partial charge in [-0.2, -0.15) is 9.97 Å². The van der Waals surface area contributed by atoms with Gasteiger partial charge in [-0.1, -0.05) is 41.9 Å². The van der Waals surface area contributed by atoms with E-state index in [2.05, 4.69) is 30.2 Å². The van der Waals surface area contributed by atoms with Crippen molar-refractivity contribution < 1.29 is 0 Å². The lowest BCUT2D eigenvalue weighted by atomic mass is 10.2. The van der Waals surface area contributed by atoms with Crippen molar-refractivity contribution in [3.05, 3.63) is 46.3 Å². The molecule has 0 spiro atoms. The maximum Gasteiger partial charge on any atom is 0.226 e. The quantitative estimate of drug-likeness (QED) is 0.697. The van der Waals surface area contributed by atoms with Crippen LogP contribution in [0.2, 0.25) is 10.4 Å². The van der Waals surface area contributed by atoms with E-state index in [0.717, 1.165) is 31.5 Å². The van der Waals surface area contributed by atoms with Crippen LogP contribution < -0.4 is 10.2 Å². The van der Waals surface area contributed by atoms with Gasteiger partial charge in [0.25, 0.3) is 0 Å². The summed E-state index contributed by atoms with van der Waals surface area (Å²) in [5.41, 5.74) is 2.15. The molecule has 8 heteroatoms. The average Bonchev–Trinajstić information content (AvgIpc) is 3.15. The number of rotatable bonds is 4. The van der Waals surface area contributed by atoms with Crippen molar-refractivity contribution >= 4 is 46.0 Å². The van der Waals surface area contributed by atoms with Crippen LogP contribution in [0.15, 0.2) is 30.3 Å². The third-order valence-electron chi connectivity index (χ3n) is 4.15. The first-order chi connectivity index (χ1) is 12.2. The molecule has 1 aliphatic rings. The van der Waals surface area contributed by atoms with Crippen molar-refractivity contribution in [2.75, 3.05) is 23.3 Å². The van der Waals surface area contributed by atoms with E-state index in [9.17, 15) is 0 Å². The Morgan fingerprint density at radius 3 is 2.48 bits per heavy atom. The summed E-state index contributed by atoms with van der Waals surface area (Å²) in [5, 5.41) is 3.67. The average molecular weight is 375 g/mol. The summed E-state index contributed by atoms with van der Waals surface area (Å²) < 4.78 is 0. The first kappa shape index (κ1) is 16.3. The summed E-state index contributed by atoms with van der Waals surface area (Å²) in [6.07, 6.45) is 2.25. The van der Waals surface area contributed by atoms with Crippen LogP contribution in [0.3, 0.4) is 0 Å². The number of benzene rings is 1. The van der Waals surface area contributed by atoms with Crippen molar-refractivity contribution in [3.63, 3.8) is 0 Å². The molecule has 3 aromatic rings. The molecule has 0 saturated carbocycles. The minimum atomic E-state index is 0.167. The summed E-state index contributed by atoms with van der Waals surface area (Å²) >= 11 is 12.4. The van der Waals surface area contributed by atoms with Gasteiger partial charge >= 0.3 is 0 Å². The van der Waals surface area contributed by atoms with Gasteiger partial charge in [-0.15, -0.1) is 0 Å². The Balaban J connectivity index is 1.69. The number of nitrogens with one attached hydrogen (secondary N) is 1. The molecule has 0 aliphatic carbocycles. The van der Waals surface area contributed by atoms with Gasteiger partial charge in [0.15, 0.2) is 28.0 Å². The molecule has 0 atom stereocenters. The van der Waals surface area contributed by atoms with Crippen molar-refractivity contribution in [1.29, 1.82) is 0 Å². The third-order valence-corrected chi connectivity index (χ3v) is 4.58. The summed E-state index contributed by atoms with van der Waals surface area (Å²) in [4.78, 5) is 19.7. The summed E-state index contributed by atoms with van der Waals surface area (Å²) in [5.74, 6) is 1.19. The van der Waals surface area contributed by atoms with Crippen molar-refractivity contribution in [3.8, 4) is 0 Å². The molecule has 3 heterocycles. The van der Waals surface area contributed by atoms with Crippen LogP contribution >= 0.6 is 23.2 Å². The van der Waals surface area contributed by atoms with E-state index in [-0.39, 0.29) is 5.28 Å². The standard InChI is InChI=1S/C17H16Cl2N6/c18-13-15(20-10-11-6-2-1-3-7-11)22-14-12(21-13)16(24-17(19)23-14)25-8-4-5-9-25/h1-3,6-7H,4-5,8-10H2,(H,20,22,23,24). The highest BCUT2D eigenvalue weighted by Gasteiger charge is 2.21. The molecule has 6 nitrogen and oxygen atoms in total. The second-order valence-corrected chi connectivity index (χ2v) is 6.58. The van der Waals surface area contributed by atoms with E-state index in [1.54, 1.807) is 0 Å². The fraction of sp³-hybridized carbons (Fsp3) is 0.294. The Hall–Kier alpha value is -2.18. The molecular weight excluding hydrogens is 359 g/mol. The topological polar surface area (TPSA) is 66.8 Å². The Bertz CT molecular complexity index is 897. The van der Waals surface area contributed by atoms with Crippen LogP contribution in [0.4, 0.5) is 11.6 Å². The molecule has 1 saturated heterocycles. The molecule has 1 aliphatic heterocycles. The van der Waals surface area contributed by atoms with Gasteiger partial charge in [-0.25, -0.2) is 9.97 Å². The molecule has 2 aromatic heterocycles. The molecule has 25 heavy (non-hydrogen) atoms. The lowest BCUT2D eigenvalue weighted by Gasteiger charge is -2.18. The molecule has 0 unspecified atom stereocenters. The van der Waals surface area contributed by atoms with Crippen LogP contribution in [0.25, 0.3) is 11.2 Å². The fourth-order valence-electron chi connectivity index (χ4n) is 2.93. The number of hydrogen-bond acceptors (Lipinski definition) is 6. The van der Waals surface area contributed by atoms with Gasteiger partial charge in [-0.05, 0) is 30.0 Å². The zero-order valence-electron chi connectivity index (χ0n) is 13.4. The minimum Gasteiger partial charge on any atom is -0.363 e. The van der Waals surface area contributed by atoms with Crippen molar-refractivity contribution in [1.82, 2.24) is 19.9 Å². The molecule has 1 aromatic carbocycles. The lowest BCUT2D eigenvalue weighted by Crippen LogP contribution is -2.20. The van der Waals surface area contributed by atoms with Crippen LogP contribution in [-0.4, -0.2) is 33.0 Å². The van der Waals surface area contributed by atoms with Crippen LogP contribution in [-0.2, 0) is 6.54 Å². The van der Waals surface area contributed by atoms with Crippen LogP contribution in [0.5, 0.6) is 0 Å². The zero-order chi connectivity index (χ0) is 17.2. The lowest BCUT2D eigenvalue weighted by molar-refractivity contribution is 0.932. The summed E-state index contributed by atoms with van der Waals surface area (Å²) in [7, 11) is 0. The number of nitrogens with zero attached hydrogens (tertiary/aromatic N) is 5. The van der Waals surface area contributed by atoms with E-state index >= 15 is 0 Å². The van der Waals surface area contributed by atoms with E-state index < -0.39 is 0 Å². The Kier molecular flexibility index (Phi) is 4.55. The predicted octanol–water partition coefficient (Wildman–Crippen LogP) is 3.94.